The Bertz CT molecular complexity index is 191. The zero-order valence-corrected chi connectivity index (χ0v) is 10.1. The van der Waals surface area contributed by atoms with E-state index in [4.69, 9.17) is 0 Å². The lowest BCUT2D eigenvalue weighted by Crippen LogP contribution is -2.41. The SMILES string of the molecule is CCC(CC)NC1CCC(C(F)(F)F)CC1. The summed E-state index contributed by atoms with van der Waals surface area (Å²) in [6, 6.07) is 0.760. The Balaban J connectivity index is 2.32. The first kappa shape index (κ1) is 13.8. The maximum Gasteiger partial charge on any atom is 0.391 e. The average Bonchev–Trinajstić information content (AvgIpc) is 2.25. The van der Waals surface area contributed by atoms with Crippen LogP contribution in [0.15, 0.2) is 0 Å². The number of rotatable bonds is 4. The van der Waals surface area contributed by atoms with Gasteiger partial charge in [0.25, 0.3) is 0 Å². The Labute approximate surface area is 95.8 Å². The van der Waals surface area contributed by atoms with Crippen LogP contribution in [-0.2, 0) is 0 Å². The molecule has 0 aliphatic heterocycles. The second-order valence-electron chi connectivity index (χ2n) is 4.77. The maximum absolute atomic E-state index is 12.4. The fraction of sp³-hybridized carbons (Fsp3) is 1.00. The standard InChI is InChI=1S/C12H22F3N/c1-3-10(4-2)16-11-7-5-9(6-8-11)12(13,14)15/h9-11,16H,3-8H2,1-2H3. The van der Waals surface area contributed by atoms with Crippen molar-refractivity contribution >= 4 is 0 Å². The average molecular weight is 237 g/mol. The van der Waals surface area contributed by atoms with Crippen molar-refractivity contribution in [2.24, 2.45) is 5.92 Å². The zero-order chi connectivity index (χ0) is 12.2. The molecule has 1 rings (SSSR count). The Morgan fingerprint density at radius 1 is 1.06 bits per heavy atom. The normalized spacial score (nSPS) is 27.4. The van der Waals surface area contributed by atoms with E-state index in [1.54, 1.807) is 0 Å². The van der Waals surface area contributed by atoms with Gasteiger partial charge in [-0.15, -0.1) is 0 Å². The summed E-state index contributed by atoms with van der Waals surface area (Å²) in [6.45, 7) is 4.23. The highest BCUT2D eigenvalue weighted by Gasteiger charge is 2.41. The molecule has 0 saturated heterocycles. The predicted octanol–water partition coefficient (Wildman–Crippen LogP) is 3.89. The highest BCUT2D eigenvalue weighted by atomic mass is 19.4. The second-order valence-corrected chi connectivity index (χ2v) is 4.77. The lowest BCUT2D eigenvalue weighted by atomic mass is 9.85. The molecule has 1 aliphatic carbocycles. The van der Waals surface area contributed by atoms with Crippen LogP contribution in [0.1, 0.15) is 52.4 Å². The van der Waals surface area contributed by atoms with Crippen molar-refractivity contribution in [1.29, 1.82) is 0 Å². The molecule has 1 saturated carbocycles. The highest BCUT2D eigenvalue weighted by Crippen LogP contribution is 2.37. The first-order chi connectivity index (χ1) is 7.47. The molecule has 1 fully saturated rings. The van der Waals surface area contributed by atoms with E-state index in [0.29, 0.717) is 37.8 Å². The van der Waals surface area contributed by atoms with E-state index in [1.807, 2.05) is 0 Å². The second kappa shape index (κ2) is 5.89. The molecule has 0 spiro atoms. The molecule has 0 atom stereocenters. The summed E-state index contributed by atoms with van der Waals surface area (Å²) >= 11 is 0. The summed E-state index contributed by atoms with van der Waals surface area (Å²) in [4.78, 5) is 0. The van der Waals surface area contributed by atoms with Crippen LogP contribution < -0.4 is 5.32 Å². The Kier molecular flexibility index (Phi) is 5.09. The van der Waals surface area contributed by atoms with Crippen LogP contribution >= 0.6 is 0 Å². The fourth-order valence-electron chi connectivity index (χ4n) is 2.45. The molecule has 0 amide bonds. The number of hydrogen-bond acceptors (Lipinski definition) is 1. The summed E-state index contributed by atoms with van der Waals surface area (Å²) in [5.41, 5.74) is 0. The van der Waals surface area contributed by atoms with Gasteiger partial charge >= 0.3 is 6.18 Å². The van der Waals surface area contributed by atoms with Crippen molar-refractivity contribution < 1.29 is 13.2 Å². The third kappa shape index (κ3) is 3.96. The zero-order valence-electron chi connectivity index (χ0n) is 10.1. The number of nitrogens with one attached hydrogen (secondary N) is 1. The summed E-state index contributed by atoms with van der Waals surface area (Å²) in [6.07, 6.45) is 0.0370. The molecule has 1 aliphatic rings. The largest absolute Gasteiger partial charge is 0.391 e. The number of hydrogen-bond donors (Lipinski definition) is 1. The predicted molar refractivity (Wildman–Crippen MR) is 59.3 cm³/mol. The molecule has 0 aromatic carbocycles. The van der Waals surface area contributed by atoms with Gasteiger partial charge in [-0.05, 0) is 38.5 Å². The maximum atomic E-state index is 12.4. The summed E-state index contributed by atoms with van der Waals surface area (Å²) in [7, 11) is 0. The van der Waals surface area contributed by atoms with Gasteiger partial charge in [-0.3, -0.25) is 0 Å². The molecule has 4 heteroatoms. The summed E-state index contributed by atoms with van der Waals surface area (Å²) < 4.78 is 37.3. The van der Waals surface area contributed by atoms with Gasteiger partial charge < -0.3 is 5.32 Å². The third-order valence-electron chi connectivity index (χ3n) is 3.65. The molecule has 16 heavy (non-hydrogen) atoms. The Morgan fingerprint density at radius 2 is 1.56 bits per heavy atom. The molecule has 96 valence electrons. The first-order valence-electron chi connectivity index (χ1n) is 6.30. The van der Waals surface area contributed by atoms with E-state index in [9.17, 15) is 13.2 Å². The minimum atomic E-state index is -3.99. The number of halogens is 3. The van der Waals surface area contributed by atoms with Crippen LogP contribution in [0.5, 0.6) is 0 Å². The molecule has 1 nitrogen and oxygen atoms in total. The van der Waals surface area contributed by atoms with Gasteiger partial charge in [0.15, 0.2) is 0 Å². The van der Waals surface area contributed by atoms with Gasteiger partial charge in [0.1, 0.15) is 0 Å². The van der Waals surface area contributed by atoms with Crippen LogP contribution in [0.2, 0.25) is 0 Å². The van der Waals surface area contributed by atoms with E-state index >= 15 is 0 Å². The first-order valence-corrected chi connectivity index (χ1v) is 6.30. The minimum Gasteiger partial charge on any atom is -0.311 e. The highest BCUT2D eigenvalue weighted by molar-refractivity contribution is 4.82. The van der Waals surface area contributed by atoms with Gasteiger partial charge in [0, 0.05) is 12.1 Å². The van der Waals surface area contributed by atoms with Gasteiger partial charge in [-0.25, -0.2) is 0 Å². The molecule has 0 radical (unpaired) electrons. The van der Waals surface area contributed by atoms with Gasteiger partial charge in [-0.1, -0.05) is 13.8 Å². The van der Waals surface area contributed by atoms with E-state index in [-0.39, 0.29) is 0 Å². The monoisotopic (exact) mass is 237 g/mol. The summed E-state index contributed by atoms with van der Waals surface area (Å²) in [5.74, 6) is -1.06. The van der Waals surface area contributed by atoms with Crippen molar-refractivity contribution in [1.82, 2.24) is 5.32 Å². The Hall–Kier alpha value is -0.250. The van der Waals surface area contributed by atoms with Crippen LogP contribution in [0.3, 0.4) is 0 Å². The van der Waals surface area contributed by atoms with Crippen molar-refractivity contribution in [2.45, 2.75) is 70.6 Å². The third-order valence-corrected chi connectivity index (χ3v) is 3.65. The molecule has 0 aromatic rings. The van der Waals surface area contributed by atoms with Gasteiger partial charge in [-0.2, -0.15) is 13.2 Å². The molecular formula is C12H22F3N. The molecule has 0 heterocycles. The van der Waals surface area contributed by atoms with Crippen molar-refractivity contribution in [3.63, 3.8) is 0 Å². The van der Waals surface area contributed by atoms with E-state index in [0.717, 1.165) is 12.8 Å². The molecular weight excluding hydrogens is 215 g/mol. The lowest BCUT2D eigenvalue weighted by molar-refractivity contribution is -0.182. The van der Waals surface area contributed by atoms with Crippen LogP contribution in [0, 0.1) is 5.92 Å². The van der Waals surface area contributed by atoms with Crippen LogP contribution in [-0.4, -0.2) is 18.3 Å². The molecule has 1 N–H and O–H groups in total. The Morgan fingerprint density at radius 3 is 1.94 bits per heavy atom. The fourth-order valence-corrected chi connectivity index (χ4v) is 2.45. The van der Waals surface area contributed by atoms with Crippen LogP contribution in [0.25, 0.3) is 0 Å². The number of alkyl halides is 3. The van der Waals surface area contributed by atoms with Crippen molar-refractivity contribution in [3.05, 3.63) is 0 Å². The minimum absolute atomic E-state index is 0.293. The van der Waals surface area contributed by atoms with Gasteiger partial charge in [0.2, 0.25) is 0 Å². The smallest absolute Gasteiger partial charge is 0.311 e. The molecule has 0 unspecified atom stereocenters. The molecule has 0 aromatic heterocycles. The summed E-state index contributed by atoms with van der Waals surface area (Å²) in [5, 5.41) is 3.46. The quantitative estimate of drug-likeness (QED) is 0.782. The topological polar surface area (TPSA) is 12.0 Å². The van der Waals surface area contributed by atoms with Crippen molar-refractivity contribution in [2.75, 3.05) is 0 Å². The van der Waals surface area contributed by atoms with Crippen molar-refractivity contribution in [3.8, 4) is 0 Å². The molecule has 0 bridgehead atoms. The lowest BCUT2D eigenvalue weighted by Gasteiger charge is -2.32. The van der Waals surface area contributed by atoms with E-state index < -0.39 is 12.1 Å². The van der Waals surface area contributed by atoms with E-state index in [2.05, 4.69) is 19.2 Å². The van der Waals surface area contributed by atoms with Gasteiger partial charge in [0.05, 0.1) is 5.92 Å². The van der Waals surface area contributed by atoms with Crippen LogP contribution in [0.4, 0.5) is 13.2 Å². The van der Waals surface area contributed by atoms with E-state index in [1.165, 1.54) is 0 Å².